The summed E-state index contributed by atoms with van der Waals surface area (Å²) < 4.78 is 5.52. The maximum Gasteiger partial charge on any atom is 0.245 e. The van der Waals surface area contributed by atoms with E-state index < -0.39 is 5.38 Å². The third kappa shape index (κ3) is 4.94. The molecular formula is C13H18ClN3O3S. The second kappa shape index (κ2) is 7.72. The van der Waals surface area contributed by atoms with Gasteiger partial charge in [-0.05, 0) is 19.8 Å². The van der Waals surface area contributed by atoms with Crippen molar-refractivity contribution in [3.8, 4) is 0 Å². The van der Waals surface area contributed by atoms with Crippen LogP contribution in [0.1, 0.15) is 19.8 Å². The Hall–Kier alpha value is -1.18. The number of carbonyl (C=O) groups is 2. The zero-order valence-electron chi connectivity index (χ0n) is 11.8. The summed E-state index contributed by atoms with van der Waals surface area (Å²) in [5.41, 5.74) is 0. The SMILES string of the molecule is C[C@H](Cl)C(=O)N(CC(=O)Nc1nccs1)C[C@@H]1CCCO1. The molecule has 0 spiro atoms. The molecule has 0 aromatic carbocycles. The topological polar surface area (TPSA) is 71.5 Å². The molecule has 1 saturated heterocycles. The highest BCUT2D eigenvalue weighted by Crippen LogP contribution is 2.15. The van der Waals surface area contributed by atoms with Gasteiger partial charge in [0.05, 0.1) is 6.10 Å². The quantitative estimate of drug-likeness (QED) is 0.806. The number of ether oxygens (including phenoxy) is 1. The lowest BCUT2D eigenvalue weighted by Crippen LogP contribution is -2.44. The van der Waals surface area contributed by atoms with E-state index in [9.17, 15) is 9.59 Å². The summed E-state index contributed by atoms with van der Waals surface area (Å²) in [6.07, 6.45) is 3.47. The van der Waals surface area contributed by atoms with Crippen LogP contribution in [0.5, 0.6) is 0 Å². The average molecular weight is 332 g/mol. The van der Waals surface area contributed by atoms with E-state index in [0.29, 0.717) is 18.3 Å². The zero-order valence-corrected chi connectivity index (χ0v) is 13.3. The van der Waals surface area contributed by atoms with E-state index in [2.05, 4.69) is 10.3 Å². The van der Waals surface area contributed by atoms with Crippen molar-refractivity contribution >= 4 is 39.9 Å². The van der Waals surface area contributed by atoms with Gasteiger partial charge in [0, 0.05) is 24.7 Å². The lowest BCUT2D eigenvalue weighted by atomic mass is 10.2. The van der Waals surface area contributed by atoms with E-state index in [4.69, 9.17) is 16.3 Å². The van der Waals surface area contributed by atoms with E-state index in [1.807, 2.05) is 0 Å². The molecule has 2 rings (SSSR count). The Bertz CT molecular complexity index is 475. The molecule has 0 unspecified atom stereocenters. The standard InChI is InChI=1S/C13H18ClN3O3S/c1-9(14)12(19)17(7-10-3-2-5-20-10)8-11(18)16-13-15-4-6-21-13/h4,6,9-10H,2-3,5,7-8H2,1H3,(H,15,16,18)/t9-,10-/m0/s1. The molecule has 1 aliphatic rings. The predicted octanol–water partition coefficient (Wildman–Crippen LogP) is 1.72. The molecule has 1 aliphatic heterocycles. The Morgan fingerprint density at radius 3 is 3.05 bits per heavy atom. The Balaban J connectivity index is 1.93. The summed E-state index contributed by atoms with van der Waals surface area (Å²) in [4.78, 5) is 29.5. The molecule has 2 heterocycles. The monoisotopic (exact) mass is 331 g/mol. The fraction of sp³-hybridized carbons (Fsp3) is 0.615. The van der Waals surface area contributed by atoms with E-state index in [-0.39, 0.29) is 24.5 Å². The van der Waals surface area contributed by atoms with Gasteiger partial charge in [-0.1, -0.05) is 0 Å². The number of nitrogens with one attached hydrogen (secondary N) is 1. The first-order chi connectivity index (χ1) is 10.1. The number of halogens is 1. The number of thiazole rings is 1. The van der Waals surface area contributed by atoms with Crippen molar-refractivity contribution in [3.63, 3.8) is 0 Å². The Morgan fingerprint density at radius 2 is 2.48 bits per heavy atom. The van der Waals surface area contributed by atoms with E-state index in [1.165, 1.54) is 16.2 Å². The van der Waals surface area contributed by atoms with Gasteiger partial charge >= 0.3 is 0 Å². The lowest BCUT2D eigenvalue weighted by Gasteiger charge is -2.25. The number of alkyl halides is 1. The Kier molecular flexibility index (Phi) is 5.96. The van der Waals surface area contributed by atoms with Crippen molar-refractivity contribution in [2.75, 3.05) is 25.0 Å². The number of carbonyl (C=O) groups excluding carboxylic acids is 2. The molecule has 1 aromatic heterocycles. The van der Waals surface area contributed by atoms with Crippen LogP contribution in [-0.2, 0) is 14.3 Å². The highest BCUT2D eigenvalue weighted by atomic mass is 35.5. The molecule has 1 N–H and O–H groups in total. The minimum absolute atomic E-state index is 0.0166. The van der Waals surface area contributed by atoms with Crippen molar-refractivity contribution < 1.29 is 14.3 Å². The molecule has 116 valence electrons. The van der Waals surface area contributed by atoms with E-state index in [0.717, 1.165) is 12.8 Å². The maximum atomic E-state index is 12.1. The van der Waals surface area contributed by atoms with Crippen molar-refractivity contribution in [1.29, 1.82) is 0 Å². The Morgan fingerprint density at radius 1 is 1.67 bits per heavy atom. The highest BCUT2D eigenvalue weighted by molar-refractivity contribution is 7.13. The number of hydrogen-bond donors (Lipinski definition) is 1. The molecule has 21 heavy (non-hydrogen) atoms. The number of aromatic nitrogens is 1. The van der Waals surface area contributed by atoms with Gasteiger partial charge in [0.1, 0.15) is 11.9 Å². The molecule has 2 amide bonds. The number of amides is 2. The van der Waals surface area contributed by atoms with Crippen LogP contribution in [0.15, 0.2) is 11.6 Å². The first kappa shape index (κ1) is 16.2. The third-order valence-electron chi connectivity index (χ3n) is 3.11. The van der Waals surface area contributed by atoms with Crippen LogP contribution in [-0.4, -0.2) is 52.9 Å². The van der Waals surface area contributed by atoms with Gasteiger partial charge in [-0.25, -0.2) is 4.98 Å². The normalized spacial score (nSPS) is 19.2. The predicted molar refractivity (Wildman–Crippen MR) is 81.6 cm³/mol. The first-order valence-corrected chi connectivity index (χ1v) is 8.11. The summed E-state index contributed by atoms with van der Waals surface area (Å²) in [5.74, 6) is -0.546. The molecule has 1 fully saturated rings. The van der Waals surface area contributed by atoms with Gasteiger partial charge in [0.2, 0.25) is 11.8 Å². The van der Waals surface area contributed by atoms with Crippen LogP contribution in [0.2, 0.25) is 0 Å². The van der Waals surface area contributed by atoms with Crippen LogP contribution in [0.3, 0.4) is 0 Å². The second-order valence-electron chi connectivity index (χ2n) is 4.86. The van der Waals surface area contributed by atoms with Crippen molar-refractivity contribution in [2.24, 2.45) is 0 Å². The Labute approximate surface area is 132 Å². The smallest absolute Gasteiger partial charge is 0.245 e. The summed E-state index contributed by atoms with van der Waals surface area (Å²) in [6, 6.07) is 0. The molecule has 0 aliphatic carbocycles. The molecule has 0 saturated carbocycles. The van der Waals surface area contributed by atoms with Gasteiger partial charge in [-0.3, -0.25) is 9.59 Å². The van der Waals surface area contributed by atoms with Crippen molar-refractivity contribution in [2.45, 2.75) is 31.2 Å². The number of rotatable bonds is 6. The van der Waals surface area contributed by atoms with E-state index in [1.54, 1.807) is 18.5 Å². The third-order valence-corrected chi connectivity index (χ3v) is 3.99. The van der Waals surface area contributed by atoms with Gasteiger partial charge in [0.25, 0.3) is 0 Å². The largest absolute Gasteiger partial charge is 0.376 e. The van der Waals surface area contributed by atoms with Crippen LogP contribution < -0.4 is 5.32 Å². The number of nitrogens with zero attached hydrogens (tertiary/aromatic N) is 2. The maximum absolute atomic E-state index is 12.1. The van der Waals surface area contributed by atoms with Crippen LogP contribution >= 0.6 is 22.9 Å². The van der Waals surface area contributed by atoms with Gasteiger partial charge < -0.3 is 15.0 Å². The first-order valence-electron chi connectivity index (χ1n) is 6.80. The molecule has 8 heteroatoms. The zero-order chi connectivity index (χ0) is 15.2. The van der Waals surface area contributed by atoms with Crippen LogP contribution in [0.25, 0.3) is 0 Å². The fourth-order valence-electron chi connectivity index (χ4n) is 2.14. The van der Waals surface area contributed by atoms with Crippen molar-refractivity contribution in [1.82, 2.24) is 9.88 Å². The number of hydrogen-bond acceptors (Lipinski definition) is 5. The molecular weight excluding hydrogens is 314 g/mol. The van der Waals surface area contributed by atoms with Crippen molar-refractivity contribution in [3.05, 3.63) is 11.6 Å². The minimum Gasteiger partial charge on any atom is -0.376 e. The summed E-state index contributed by atoms with van der Waals surface area (Å²) in [5, 5.41) is 4.28. The summed E-state index contributed by atoms with van der Waals surface area (Å²) >= 11 is 7.19. The molecule has 6 nitrogen and oxygen atoms in total. The lowest BCUT2D eigenvalue weighted by molar-refractivity contribution is -0.135. The molecule has 2 atom stereocenters. The second-order valence-corrected chi connectivity index (χ2v) is 6.40. The van der Waals surface area contributed by atoms with Gasteiger partial charge in [0.15, 0.2) is 5.13 Å². The summed E-state index contributed by atoms with van der Waals surface area (Å²) in [6.45, 7) is 2.65. The van der Waals surface area contributed by atoms with Crippen LogP contribution in [0, 0.1) is 0 Å². The minimum atomic E-state index is -0.668. The molecule has 1 aromatic rings. The summed E-state index contributed by atoms with van der Waals surface area (Å²) in [7, 11) is 0. The van der Waals surface area contributed by atoms with Gasteiger partial charge in [-0.15, -0.1) is 22.9 Å². The fourth-order valence-corrected chi connectivity index (χ4v) is 2.82. The van der Waals surface area contributed by atoms with Crippen LogP contribution in [0.4, 0.5) is 5.13 Å². The number of anilines is 1. The average Bonchev–Trinajstić information content (AvgIpc) is 3.10. The highest BCUT2D eigenvalue weighted by Gasteiger charge is 2.26. The van der Waals surface area contributed by atoms with Gasteiger partial charge in [-0.2, -0.15) is 0 Å². The molecule has 0 bridgehead atoms. The van der Waals surface area contributed by atoms with E-state index >= 15 is 0 Å². The molecule has 0 radical (unpaired) electrons.